The van der Waals surface area contributed by atoms with Crippen LogP contribution in [0.25, 0.3) is 0 Å². The van der Waals surface area contributed by atoms with Crippen molar-refractivity contribution < 1.29 is 24.1 Å². The van der Waals surface area contributed by atoms with Gasteiger partial charge in [0.15, 0.2) is 11.5 Å². The Labute approximate surface area is 111 Å². The summed E-state index contributed by atoms with van der Waals surface area (Å²) in [6, 6.07) is 4.71. The fourth-order valence-electron chi connectivity index (χ4n) is 1.82. The first kappa shape index (κ1) is 13.5. The van der Waals surface area contributed by atoms with Gasteiger partial charge in [0.05, 0.1) is 6.61 Å². The Bertz CT molecular complexity index is 449. The Morgan fingerprint density at radius 1 is 1.47 bits per heavy atom. The van der Waals surface area contributed by atoms with Crippen molar-refractivity contribution in [3.05, 3.63) is 18.2 Å². The van der Waals surface area contributed by atoms with Crippen LogP contribution in [0.4, 0.5) is 0 Å². The molecule has 0 saturated heterocycles. The van der Waals surface area contributed by atoms with Crippen LogP contribution in [-0.4, -0.2) is 37.1 Å². The van der Waals surface area contributed by atoms with Crippen LogP contribution in [-0.2, 0) is 4.79 Å². The van der Waals surface area contributed by atoms with E-state index >= 15 is 0 Å². The standard InChI is InChI=1S/C13H17NO5/c1-2-14-10(13(15)16)5-6-17-9-3-4-11-12(7-9)19-8-18-11/h3-4,7,10,14H,2,5-6,8H2,1H3,(H,15,16). The average Bonchev–Trinajstić information content (AvgIpc) is 2.85. The number of hydrogen-bond donors (Lipinski definition) is 2. The Hall–Kier alpha value is -1.95. The van der Waals surface area contributed by atoms with Gasteiger partial charge in [0, 0.05) is 12.5 Å². The number of carboxylic acid groups (broad SMARTS) is 1. The maximum Gasteiger partial charge on any atom is 0.320 e. The molecule has 6 heteroatoms. The Balaban J connectivity index is 1.83. The molecule has 1 aromatic carbocycles. The molecule has 0 aromatic heterocycles. The van der Waals surface area contributed by atoms with Crippen molar-refractivity contribution in [3.63, 3.8) is 0 Å². The topological polar surface area (TPSA) is 77.0 Å². The summed E-state index contributed by atoms with van der Waals surface area (Å²) in [5, 5.41) is 11.9. The summed E-state index contributed by atoms with van der Waals surface area (Å²) in [5.41, 5.74) is 0. The molecule has 19 heavy (non-hydrogen) atoms. The largest absolute Gasteiger partial charge is 0.493 e. The van der Waals surface area contributed by atoms with Crippen molar-refractivity contribution >= 4 is 5.97 Å². The molecule has 0 saturated carbocycles. The SMILES string of the molecule is CCNC(CCOc1ccc2c(c1)OCO2)C(=O)O. The molecule has 0 fully saturated rings. The zero-order valence-electron chi connectivity index (χ0n) is 10.7. The zero-order chi connectivity index (χ0) is 13.7. The molecule has 1 aromatic rings. The van der Waals surface area contributed by atoms with Gasteiger partial charge in [-0.3, -0.25) is 4.79 Å². The second-order valence-electron chi connectivity index (χ2n) is 4.10. The third-order valence-electron chi connectivity index (χ3n) is 2.77. The van der Waals surface area contributed by atoms with Crippen LogP contribution in [0.2, 0.25) is 0 Å². The van der Waals surface area contributed by atoms with Crippen molar-refractivity contribution in [1.29, 1.82) is 0 Å². The number of aliphatic carboxylic acids is 1. The Kier molecular flexibility index (Phi) is 4.46. The van der Waals surface area contributed by atoms with Crippen molar-refractivity contribution in [2.45, 2.75) is 19.4 Å². The summed E-state index contributed by atoms with van der Waals surface area (Å²) in [4.78, 5) is 10.9. The second kappa shape index (κ2) is 6.29. The zero-order valence-corrected chi connectivity index (χ0v) is 10.7. The van der Waals surface area contributed by atoms with Crippen LogP contribution < -0.4 is 19.5 Å². The molecule has 2 rings (SSSR count). The van der Waals surface area contributed by atoms with E-state index in [9.17, 15) is 4.79 Å². The molecule has 1 aliphatic heterocycles. The van der Waals surface area contributed by atoms with Crippen molar-refractivity contribution in [2.75, 3.05) is 19.9 Å². The van der Waals surface area contributed by atoms with Crippen LogP contribution >= 0.6 is 0 Å². The Morgan fingerprint density at radius 3 is 3.00 bits per heavy atom. The fourth-order valence-corrected chi connectivity index (χ4v) is 1.82. The van der Waals surface area contributed by atoms with E-state index in [2.05, 4.69) is 5.32 Å². The highest BCUT2D eigenvalue weighted by molar-refractivity contribution is 5.73. The molecule has 1 heterocycles. The predicted octanol–water partition coefficient (Wildman–Crippen LogP) is 1.25. The van der Waals surface area contributed by atoms with Gasteiger partial charge in [-0.15, -0.1) is 0 Å². The monoisotopic (exact) mass is 267 g/mol. The molecule has 0 amide bonds. The molecule has 1 atom stereocenters. The van der Waals surface area contributed by atoms with Gasteiger partial charge in [-0.05, 0) is 18.7 Å². The highest BCUT2D eigenvalue weighted by Gasteiger charge is 2.17. The molecule has 0 aliphatic carbocycles. The van der Waals surface area contributed by atoms with Crippen LogP contribution in [0, 0.1) is 0 Å². The van der Waals surface area contributed by atoms with Crippen LogP contribution in [0.15, 0.2) is 18.2 Å². The Morgan fingerprint density at radius 2 is 2.26 bits per heavy atom. The van der Waals surface area contributed by atoms with Crippen molar-refractivity contribution in [2.24, 2.45) is 0 Å². The van der Waals surface area contributed by atoms with E-state index in [4.69, 9.17) is 19.3 Å². The molecule has 1 unspecified atom stereocenters. The summed E-state index contributed by atoms with van der Waals surface area (Å²) in [6.45, 7) is 3.03. The summed E-state index contributed by atoms with van der Waals surface area (Å²) in [6.07, 6.45) is 0.400. The summed E-state index contributed by atoms with van der Waals surface area (Å²) in [5.74, 6) is 1.13. The molecule has 0 spiro atoms. The van der Waals surface area contributed by atoms with Gasteiger partial charge in [-0.1, -0.05) is 6.92 Å². The normalized spacial score (nSPS) is 14.2. The lowest BCUT2D eigenvalue weighted by Crippen LogP contribution is -2.37. The minimum Gasteiger partial charge on any atom is -0.493 e. The van der Waals surface area contributed by atoms with Gasteiger partial charge >= 0.3 is 5.97 Å². The van der Waals surface area contributed by atoms with Crippen LogP contribution in [0.3, 0.4) is 0 Å². The third kappa shape index (κ3) is 3.51. The number of rotatable bonds is 7. The van der Waals surface area contributed by atoms with E-state index in [0.717, 1.165) is 0 Å². The smallest absolute Gasteiger partial charge is 0.320 e. The number of carbonyl (C=O) groups is 1. The first-order valence-corrected chi connectivity index (χ1v) is 6.19. The lowest BCUT2D eigenvalue weighted by molar-refractivity contribution is -0.139. The first-order valence-electron chi connectivity index (χ1n) is 6.19. The lowest BCUT2D eigenvalue weighted by atomic mass is 10.2. The molecular weight excluding hydrogens is 250 g/mol. The van der Waals surface area contributed by atoms with Crippen LogP contribution in [0.5, 0.6) is 17.2 Å². The quantitative estimate of drug-likeness (QED) is 0.774. The van der Waals surface area contributed by atoms with Crippen molar-refractivity contribution in [1.82, 2.24) is 5.32 Å². The number of nitrogens with one attached hydrogen (secondary N) is 1. The van der Waals surface area contributed by atoms with Crippen LogP contribution in [0.1, 0.15) is 13.3 Å². The van der Waals surface area contributed by atoms with E-state index < -0.39 is 12.0 Å². The number of benzene rings is 1. The second-order valence-corrected chi connectivity index (χ2v) is 4.10. The van der Waals surface area contributed by atoms with Gasteiger partial charge in [-0.25, -0.2) is 0 Å². The molecule has 2 N–H and O–H groups in total. The van der Waals surface area contributed by atoms with Crippen molar-refractivity contribution in [3.8, 4) is 17.2 Å². The minimum atomic E-state index is -0.865. The van der Waals surface area contributed by atoms with Gasteiger partial charge < -0.3 is 24.6 Å². The summed E-state index contributed by atoms with van der Waals surface area (Å²) >= 11 is 0. The highest BCUT2D eigenvalue weighted by Crippen LogP contribution is 2.35. The number of ether oxygens (including phenoxy) is 3. The highest BCUT2D eigenvalue weighted by atomic mass is 16.7. The average molecular weight is 267 g/mol. The van der Waals surface area contributed by atoms with Gasteiger partial charge in [0.2, 0.25) is 6.79 Å². The molecular formula is C13H17NO5. The van der Waals surface area contributed by atoms with E-state index in [1.54, 1.807) is 18.2 Å². The molecule has 1 aliphatic rings. The maximum atomic E-state index is 10.9. The summed E-state index contributed by atoms with van der Waals surface area (Å²) < 4.78 is 15.9. The summed E-state index contributed by atoms with van der Waals surface area (Å²) in [7, 11) is 0. The van der Waals surface area contributed by atoms with Gasteiger partial charge in [-0.2, -0.15) is 0 Å². The van der Waals surface area contributed by atoms with E-state index in [1.807, 2.05) is 6.92 Å². The van der Waals surface area contributed by atoms with E-state index in [-0.39, 0.29) is 6.79 Å². The van der Waals surface area contributed by atoms with E-state index in [1.165, 1.54) is 0 Å². The third-order valence-corrected chi connectivity index (χ3v) is 2.77. The first-order chi connectivity index (χ1) is 9.20. The lowest BCUT2D eigenvalue weighted by Gasteiger charge is -2.13. The van der Waals surface area contributed by atoms with Gasteiger partial charge in [0.1, 0.15) is 11.8 Å². The molecule has 6 nitrogen and oxygen atoms in total. The molecule has 0 bridgehead atoms. The predicted molar refractivity (Wildman–Crippen MR) is 67.8 cm³/mol. The number of carboxylic acids is 1. The number of hydrogen-bond acceptors (Lipinski definition) is 5. The van der Waals surface area contributed by atoms with E-state index in [0.29, 0.717) is 36.8 Å². The number of fused-ring (bicyclic) bond motifs is 1. The maximum absolute atomic E-state index is 10.9. The van der Waals surface area contributed by atoms with Gasteiger partial charge in [0.25, 0.3) is 0 Å². The minimum absolute atomic E-state index is 0.223. The molecule has 104 valence electrons. The number of likely N-dealkylation sites (N-methyl/N-ethyl adjacent to an activating group) is 1. The molecule has 0 radical (unpaired) electrons. The fraction of sp³-hybridized carbons (Fsp3) is 0.462.